The van der Waals surface area contributed by atoms with E-state index in [1.54, 1.807) is 0 Å². The molecule has 1 aromatic carbocycles. The zero-order valence-corrected chi connectivity index (χ0v) is 14.2. The molecule has 1 atom stereocenters. The molecule has 3 aromatic rings. The summed E-state index contributed by atoms with van der Waals surface area (Å²) in [6, 6.07) is 10.0. The second kappa shape index (κ2) is 6.55. The lowest BCUT2D eigenvalue weighted by molar-refractivity contribution is 0.0738. The summed E-state index contributed by atoms with van der Waals surface area (Å²) in [6.45, 7) is 3.41. The molecule has 1 aliphatic rings. The van der Waals surface area contributed by atoms with Gasteiger partial charge in [-0.1, -0.05) is 37.6 Å². The molecule has 0 aliphatic carbocycles. The van der Waals surface area contributed by atoms with Gasteiger partial charge in [-0.05, 0) is 24.6 Å². The number of imidazole rings is 1. The number of amides is 1. The summed E-state index contributed by atoms with van der Waals surface area (Å²) in [4.78, 5) is 19.0. The van der Waals surface area contributed by atoms with E-state index in [1.807, 2.05) is 41.6 Å². The Balaban J connectivity index is 1.51. The zero-order chi connectivity index (χ0) is 17.2. The van der Waals surface area contributed by atoms with Crippen LogP contribution in [0.25, 0.3) is 11.0 Å². The molecule has 0 bridgehead atoms. The summed E-state index contributed by atoms with van der Waals surface area (Å²) < 4.78 is 2.05. The number of carbonyl (C=O) groups is 1. The molecule has 1 aliphatic heterocycles. The molecule has 6 heteroatoms. The number of hydrogen-bond acceptors (Lipinski definition) is 3. The van der Waals surface area contributed by atoms with Crippen LogP contribution in [0.2, 0.25) is 0 Å². The number of H-pyrrole nitrogens is 1. The SMILES string of the molecule is CCCC1C=CCN1C(=O)c1cc(Cn2cnc3ccccc32)[nH]n1. The van der Waals surface area contributed by atoms with Gasteiger partial charge in [0.2, 0.25) is 0 Å². The van der Waals surface area contributed by atoms with Crippen LogP contribution in [0.1, 0.15) is 35.9 Å². The summed E-state index contributed by atoms with van der Waals surface area (Å²) >= 11 is 0. The van der Waals surface area contributed by atoms with Gasteiger partial charge in [-0.25, -0.2) is 4.98 Å². The van der Waals surface area contributed by atoms with Crippen LogP contribution >= 0.6 is 0 Å². The highest BCUT2D eigenvalue weighted by molar-refractivity contribution is 5.93. The van der Waals surface area contributed by atoms with Crippen LogP contribution in [0.15, 0.2) is 48.8 Å². The Morgan fingerprint density at radius 2 is 2.24 bits per heavy atom. The summed E-state index contributed by atoms with van der Waals surface area (Å²) in [6.07, 6.45) is 8.03. The molecule has 3 heterocycles. The van der Waals surface area contributed by atoms with Crippen molar-refractivity contribution in [2.24, 2.45) is 0 Å². The minimum absolute atomic E-state index is 0.0126. The third kappa shape index (κ3) is 2.95. The lowest BCUT2D eigenvalue weighted by Crippen LogP contribution is -2.36. The van der Waals surface area contributed by atoms with Gasteiger partial charge in [-0.3, -0.25) is 9.89 Å². The fourth-order valence-electron chi connectivity index (χ4n) is 3.37. The quantitative estimate of drug-likeness (QED) is 0.729. The van der Waals surface area contributed by atoms with Crippen molar-refractivity contribution in [1.29, 1.82) is 0 Å². The van der Waals surface area contributed by atoms with Crippen molar-refractivity contribution in [2.45, 2.75) is 32.4 Å². The van der Waals surface area contributed by atoms with Crippen molar-refractivity contribution in [1.82, 2.24) is 24.6 Å². The monoisotopic (exact) mass is 335 g/mol. The van der Waals surface area contributed by atoms with Crippen LogP contribution < -0.4 is 0 Å². The van der Waals surface area contributed by atoms with Crippen molar-refractivity contribution < 1.29 is 4.79 Å². The summed E-state index contributed by atoms with van der Waals surface area (Å²) in [5.41, 5.74) is 3.40. The van der Waals surface area contributed by atoms with Gasteiger partial charge < -0.3 is 9.47 Å². The van der Waals surface area contributed by atoms with Gasteiger partial charge in [0.15, 0.2) is 5.69 Å². The zero-order valence-electron chi connectivity index (χ0n) is 14.2. The smallest absolute Gasteiger partial charge is 0.275 e. The molecule has 0 saturated heterocycles. The van der Waals surface area contributed by atoms with E-state index in [4.69, 9.17) is 0 Å². The lowest BCUT2D eigenvalue weighted by Gasteiger charge is -2.23. The standard InChI is InChI=1S/C19H21N5O/c1-2-6-15-7-5-10-24(15)19(25)17-11-14(21-22-17)12-23-13-20-16-8-3-4-9-18(16)23/h3-5,7-9,11,13,15H,2,6,10,12H2,1H3,(H,21,22). The van der Waals surface area contributed by atoms with Crippen LogP contribution in [0.5, 0.6) is 0 Å². The van der Waals surface area contributed by atoms with E-state index in [-0.39, 0.29) is 11.9 Å². The lowest BCUT2D eigenvalue weighted by atomic mass is 10.1. The van der Waals surface area contributed by atoms with E-state index in [0.29, 0.717) is 18.8 Å². The van der Waals surface area contributed by atoms with E-state index >= 15 is 0 Å². The average Bonchev–Trinajstić information content (AvgIpc) is 3.36. The first-order chi connectivity index (χ1) is 12.3. The maximum absolute atomic E-state index is 12.7. The van der Waals surface area contributed by atoms with Crippen molar-refractivity contribution in [3.63, 3.8) is 0 Å². The molecule has 1 N–H and O–H groups in total. The molecule has 1 unspecified atom stereocenters. The number of rotatable bonds is 5. The number of carbonyl (C=O) groups excluding carboxylic acids is 1. The molecule has 1 amide bonds. The van der Waals surface area contributed by atoms with Crippen molar-refractivity contribution in [3.8, 4) is 0 Å². The fraction of sp³-hybridized carbons (Fsp3) is 0.316. The van der Waals surface area contributed by atoms with Crippen LogP contribution in [0, 0.1) is 0 Å². The molecule has 128 valence electrons. The van der Waals surface area contributed by atoms with Crippen LogP contribution in [-0.2, 0) is 6.54 Å². The molecule has 0 radical (unpaired) electrons. The molecular formula is C19H21N5O. The number of aromatic nitrogens is 4. The average molecular weight is 335 g/mol. The molecule has 25 heavy (non-hydrogen) atoms. The predicted octanol–water partition coefficient (Wildman–Crippen LogP) is 2.99. The second-order valence-corrected chi connectivity index (χ2v) is 6.38. The number of fused-ring (bicyclic) bond motifs is 1. The summed E-state index contributed by atoms with van der Waals surface area (Å²) in [5, 5.41) is 7.23. The first-order valence-corrected chi connectivity index (χ1v) is 8.68. The largest absolute Gasteiger partial charge is 0.327 e. The van der Waals surface area contributed by atoms with Gasteiger partial charge in [0, 0.05) is 6.54 Å². The number of hydrogen-bond donors (Lipinski definition) is 1. The van der Waals surface area contributed by atoms with Crippen molar-refractivity contribution in [2.75, 3.05) is 6.54 Å². The normalized spacial score (nSPS) is 16.8. The third-order valence-electron chi connectivity index (χ3n) is 4.62. The number of nitrogens with zero attached hydrogens (tertiary/aromatic N) is 4. The second-order valence-electron chi connectivity index (χ2n) is 6.38. The van der Waals surface area contributed by atoms with Crippen LogP contribution in [0.4, 0.5) is 0 Å². The van der Waals surface area contributed by atoms with E-state index in [1.165, 1.54) is 0 Å². The first-order valence-electron chi connectivity index (χ1n) is 8.68. The molecule has 6 nitrogen and oxygen atoms in total. The van der Waals surface area contributed by atoms with Gasteiger partial charge in [-0.15, -0.1) is 0 Å². The van der Waals surface area contributed by atoms with Crippen LogP contribution in [-0.4, -0.2) is 43.1 Å². The van der Waals surface area contributed by atoms with E-state index < -0.39 is 0 Å². The van der Waals surface area contributed by atoms with E-state index in [9.17, 15) is 4.79 Å². The summed E-state index contributed by atoms with van der Waals surface area (Å²) in [7, 11) is 0. The van der Waals surface area contributed by atoms with Gasteiger partial charge >= 0.3 is 0 Å². The first kappa shape index (κ1) is 15.6. The fourth-order valence-corrected chi connectivity index (χ4v) is 3.37. The Morgan fingerprint density at radius 3 is 3.12 bits per heavy atom. The highest BCUT2D eigenvalue weighted by Crippen LogP contribution is 2.19. The maximum atomic E-state index is 12.7. The molecule has 0 saturated carbocycles. The Bertz CT molecular complexity index is 923. The van der Waals surface area contributed by atoms with Crippen molar-refractivity contribution in [3.05, 3.63) is 60.2 Å². The Labute approximate surface area is 146 Å². The molecule has 2 aromatic heterocycles. The Morgan fingerprint density at radius 1 is 1.36 bits per heavy atom. The van der Waals surface area contributed by atoms with Crippen molar-refractivity contribution >= 4 is 16.9 Å². The Hall–Kier alpha value is -2.89. The maximum Gasteiger partial charge on any atom is 0.275 e. The Kier molecular flexibility index (Phi) is 4.09. The number of aromatic amines is 1. The highest BCUT2D eigenvalue weighted by Gasteiger charge is 2.26. The van der Waals surface area contributed by atoms with Gasteiger partial charge in [0.05, 0.1) is 35.6 Å². The molecule has 0 spiro atoms. The number of para-hydroxylation sites is 2. The minimum Gasteiger partial charge on any atom is -0.327 e. The van der Waals surface area contributed by atoms with Gasteiger partial charge in [0.25, 0.3) is 5.91 Å². The topological polar surface area (TPSA) is 66.8 Å². The van der Waals surface area contributed by atoms with E-state index in [2.05, 4.69) is 38.8 Å². The number of benzene rings is 1. The minimum atomic E-state index is -0.0126. The third-order valence-corrected chi connectivity index (χ3v) is 4.62. The van der Waals surface area contributed by atoms with Gasteiger partial charge in [0.1, 0.15) is 0 Å². The molecule has 0 fully saturated rings. The number of nitrogens with one attached hydrogen (secondary N) is 1. The predicted molar refractivity (Wildman–Crippen MR) is 96.3 cm³/mol. The van der Waals surface area contributed by atoms with Crippen LogP contribution in [0.3, 0.4) is 0 Å². The molecular weight excluding hydrogens is 314 g/mol. The van der Waals surface area contributed by atoms with E-state index in [0.717, 1.165) is 29.6 Å². The van der Waals surface area contributed by atoms with Gasteiger partial charge in [-0.2, -0.15) is 5.10 Å². The highest BCUT2D eigenvalue weighted by atomic mass is 16.2. The summed E-state index contributed by atoms with van der Waals surface area (Å²) in [5.74, 6) is -0.0126. The molecule has 4 rings (SSSR count).